The van der Waals surface area contributed by atoms with Crippen molar-refractivity contribution in [2.75, 3.05) is 43.5 Å². The number of unbranched alkanes of at least 4 members (excludes halogenated alkanes) is 1. The molecule has 8 rings (SSSR count). The fourth-order valence-corrected chi connectivity index (χ4v) is 14.4. The molecule has 7 N–H and O–H groups in total. The number of aromatic nitrogens is 4. The van der Waals surface area contributed by atoms with E-state index in [4.69, 9.17) is 9.47 Å². The molecule has 10 atom stereocenters. The van der Waals surface area contributed by atoms with Crippen LogP contribution in [0.5, 0.6) is 0 Å². The van der Waals surface area contributed by atoms with Crippen molar-refractivity contribution < 1.29 is 92.4 Å². The van der Waals surface area contributed by atoms with Crippen LogP contribution in [-0.4, -0.2) is 173 Å². The summed E-state index contributed by atoms with van der Waals surface area (Å²) in [6.07, 6.45) is 3.87. The highest BCUT2D eigenvalue weighted by Crippen LogP contribution is 2.71. The van der Waals surface area contributed by atoms with Crippen molar-refractivity contribution in [1.29, 1.82) is 0 Å². The summed E-state index contributed by atoms with van der Waals surface area (Å²) in [6.45, 7) is 5.88. The zero-order valence-corrected chi connectivity index (χ0v) is 53.8. The number of anilines is 1. The van der Waals surface area contributed by atoms with E-state index in [-0.39, 0.29) is 83.8 Å². The summed E-state index contributed by atoms with van der Waals surface area (Å²) in [7, 11) is -7.62. The first-order valence-electron chi connectivity index (χ1n) is 29.2. The summed E-state index contributed by atoms with van der Waals surface area (Å²) >= 11 is 0.156. The van der Waals surface area contributed by atoms with Crippen LogP contribution in [0.15, 0.2) is 95.3 Å². The number of aliphatic hydroxyl groups excluding tert-OH is 2. The topological polar surface area (TPSA) is 375 Å². The van der Waals surface area contributed by atoms with E-state index in [1.165, 1.54) is 62.9 Å². The average Bonchev–Trinajstić information content (AvgIpc) is 1.65. The Bertz CT molecular complexity index is 3840. The molecule has 3 fully saturated rings. The van der Waals surface area contributed by atoms with E-state index >= 15 is 13.2 Å². The lowest BCUT2D eigenvalue weighted by Gasteiger charge is -2.63. The van der Waals surface area contributed by atoms with Crippen molar-refractivity contribution in [3.63, 3.8) is 0 Å². The van der Waals surface area contributed by atoms with Crippen LogP contribution in [0, 0.1) is 28.5 Å². The van der Waals surface area contributed by atoms with Crippen molar-refractivity contribution in [2.24, 2.45) is 22.7 Å². The third kappa shape index (κ3) is 15.0. The lowest BCUT2D eigenvalue weighted by molar-refractivity contribution is -0.219. The molecule has 0 saturated heterocycles. The van der Waals surface area contributed by atoms with Gasteiger partial charge in [-0.3, -0.25) is 28.8 Å². The predicted molar refractivity (Wildman–Crippen MR) is 326 cm³/mol. The number of alkyl carbamates (subject to hydrolysis) is 1. The smallest absolute Gasteiger partial charge is 0.407 e. The Kier molecular flexibility index (Phi) is 20.9. The maximum Gasteiger partial charge on any atom is 0.407 e. The van der Waals surface area contributed by atoms with Gasteiger partial charge >= 0.3 is 12.1 Å². The molecule has 2 heterocycles. The van der Waals surface area contributed by atoms with Crippen molar-refractivity contribution in [3.05, 3.63) is 102 Å². The lowest BCUT2D eigenvalue weighted by Crippen LogP contribution is -2.70. The van der Waals surface area contributed by atoms with E-state index in [0.717, 1.165) is 42.9 Å². The number of allylic oxidation sites excluding steroid dienone is 4. The van der Waals surface area contributed by atoms with Crippen LogP contribution in [-0.2, 0) is 53.1 Å². The first-order valence-corrected chi connectivity index (χ1v) is 33.9. The minimum Gasteiger partial charge on any atom is -0.446 e. The minimum atomic E-state index is -3.81. The molecule has 32 heteroatoms. The number of alkyl halides is 3. The highest BCUT2D eigenvalue weighted by atomic mass is 32.2. The highest BCUT2D eigenvalue weighted by Gasteiger charge is 2.76. The molecule has 500 valence electrons. The molecule has 0 bridgehead atoms. The predicted octanol–water partition coefficient (Wildman–Crippen LogP) is 4.97. The Hall–Kier alpha value is -8.07. The Balaban J connectivity index is 0.986. The Morgan fingerprint density at radius 2 is 1.43 bits per heavy atom. The maximum absolute atomic E-state index is 18.0. The van der Waals surface area contributed by atoms with Gasteiger partial charge < -0.3 is 46.3 Å². The zero-order valence-electron chi connectivity index (χ0n) is 51.4. The van der Waals surface area contributed by atoms with Crippen molar-refractivity contribution >= 4 is 83.7 Å². The summed E-state index contributed by atoms with van der Waals surface area (Å²) in [4.78, 5) is 124. The number of ether oxygens (including phenoxy) is 2. The molecular formula is C61H69F4N9O16S3. The number of aliphatic hydroxyl groups is 2. The molecule has 2 aromatic carbocycles. The number of carbonyl (C=O) groups is 8. The van der Waals surface area contributed by atoms with Crippen LogP contribution < -0.4 is 26.6 Å². The monoisotopic (exact) mass is 1360 g/mol. The van der Waals surface area contributed by atoms with E-state index in [0.29, 0.717) is 0 Å². The average molecular weight is 1360 g/mol. The number of esters is 1. The molecule has 93 heavy (non-hydrogen) atoms. The van der Waals surface area contributed by atoms with E-state index in [1.54, 1.807) is 20.8 Å². The molecule has 3 saturated carbocycles. The molecule has 4 aliphatic carbocycles. The number of halogens is 4. The third-order valence-electron chi connectivity index (χ3n) is 17.2. The molecule has 25 nitrogen and oxygen atoms in total. The Morgan fingerprint density at radius 1 is 0.817 bits per heavy atom. The van der Waals surface area contributed by atoms with Crippen LogP contribution in [0.3, 0.4) is 0 Å². The van der Waals surface area contributed by atoms with Crippen LogP contribution in [0.25, 0.3) is 22.3 Å². The second kappa shape index (κ2) is 27.5. The molecule has 5 amide bonds. The molecule has 0 radical (unpaired) electrons. The number of hydrogen-bond donors (Lipinski definition) is 7. The number of benzene rings is 2. The number of ketones is 1. The normalized spacial score (nSPS) is 24.7. The fourth-order valence-electron chi connectivity index (χ4n) is 12.7. The summed E-state index contributed by atoms with van der Waals surface area (Å²) in [6, 6.07) is 2.03. The number of sulfone groups is 2. The molecule has 2 aromatic heterocycles. The van der Waals surface area contributed by atoms with Gasteiger partial charge in [-0.2, -0.15) is 0 Å². The number of rotatable bonds is 22. The van der Waals surface area contributed by atoms with Crippen molar-refractivity contribution in [2.45, 2.75) is 131 Å². The second-order valence-electron chi connectivity index (χ2n) is 24.7. The third-order valence-corrected chi connectivity index (χ3v) is 19.7. The van der Waals surface area contributed by atoms with E-state index in [9.17, 15) is 69.8 Å². The number of carbonyl (C=O) groups excluding carboxylic acids is 8. The van der Waals surface area contributed by atoms with E-state index in [1.807, 2.05) is 0 Å². The SMILES string of the molecule is CC(C)(C)OC(=O)NCCCC[C@H](NC(=O)[C@H](CO)NC(=O)CNC(=O)c1cc(-c2cnc(S(C)(=O)=O)nc2)cc(-c2cnc(S(C)(=O)=O)nc2)c1)C(=O)Nc1cc(C(=O)OC2(C(=O)SCF)CCC3C4CC(F)C5=CC(=O)C=CC5(C)C4(F)C(O)CC32C)ccc1F. The summed E-state index contributed by atoms with van der Waals surface area (Å²) in [5.74, 6) is -9.49. The summed E-state index contributed by atoms with van der Waals surface area (Å²) < 4.78 is 124. The fraction of sp³-hybridized carbons (Fsp3) is 0.475. The van der Waals surface area contributed by atoms with Gasteiger partial charge in [0.1, 0.15) is 35.7 Å². The minimum absolute atomic E-state index is 0.0117. The zero-order chi connectivity index (χ0) is 68.4. The van der Waals surface area contributed by atoms with Gasteiger partial charge in [-0.05, 0) is 156 Å². The van der Waals surface area contributed by atoms with Crippen molar-refractivity contribution in [3.8, 4) is 22.3 Å². The summed E-state index contributed by atoms with van der Waals surface area (Å²) in [5, 5.41) is 32.2. The van der Waals surface area contributed by atoms with Gasteiger partial charge in [-0.1, -0.05) is 13.0 Å². The van der Waals surface area contributed by atoms with Gasteiger partial charge in [0.2, 0.25) is 52.8 Å². The molecule has 0 aliphatic heterocycles. The maximum atomic E-state index is 18.0. The van der Waals surface area contributed by atoms with Gasteiger partial charge in [0, 0.05) is 77.3 Å². The van der Waals surface area contributed by atoms with Gasteiger partial charge in [-0.25, -0.2) is 63.9 Å². The van der Waals surface area contributed by atoms with E-state index in [2.05, 4.69) is 46.5 Å². The van der Waals surface area contributed by atoms with Crippen molar-refractivity contribution in [1.82, 2.24) is 41.2 Å². The standard InChI is InChI=1S/C61H69F4N9O16S3/c1-57(2,3)90-56(84)66-17-9-8-10-44(73-51(81)46(30-75)72-48(78)29-67-49(79)35-19-33(36-25-68-54(69-26-36)92(6,85)86)18-34(20-35)37-27-70-55(71-28-37)93(7,87)88)50(80)74-45-21-32(11-12-42(45)63)52(82)89-60(53(83)91-31-62)16-14-39-40-23-43(64)41-22-38(76)13-15-58(41,4)61(40,65)47(77)24-59(39,60)5/h11-13,15,18-22,25-28,39-40,43-44,46-47,75,77H,8-10,14,16-17,23-24,29-31H2,1-7H3,(H,66,84)(H,67,79)(H,72,78)(H,73,81)(H,74,80)/t39?,40?,43?,44-,46-,47?,58?,59?,60?,61?/m0/s1. The van der Waals surface area contributed by atoms with Gasteiger partial charge in [0.05, 0.1) is 30.5 Å². The Labute approximate surface area is 536 Å². The highest BCUT2D eigenvalue weighted by molar-refractivity contribution is 8.13. The van der Waals surface area contributed by atoms with Crippen LogP contribution >= 0.6 is 11.8 Å². The lowest BCUT2D eigenvalue weighted by atomic mass is 9.44. The number of nitrogens with zero attached hydrogens (tertiary/aromatic N) is 4. The largest absolute Gasteiger partial charge is 0.446 e. The van der Waals surface area contributed by atoms with Gasteiger partial charge in [-0.15, -0.1) is 0 Å². The molecular weight excluding hydrogens is 1290 g/mol. The molecule has 0 spiro atoms. The quantitative estimate of drug-likeness (QED) is 0.0236. The Morgan fingerprint density at radius 3 is 2.00 bits per heavy atom. The molecule has 4 aromatic rings. The van der Waals surface area contributed by atoms with E-state index < -0.39 is 190 Å². The number of thioether (sulfide) groups is 1. The second-order valence-corrected chi connectivity index (χ2v) is 29.4. The number of fused-ring (bicyclic) bond motifs is 5. The molecule has 4 aliphatic rings. The van der Waals surface area contributed by atoms with Crippen LogP contribution in [0.4, 0.5) is 28.0 Å². The van der Waals surface area contributed by atoms with Crippen LogP contribution in [0.1, 0.15) is 100 Å². The number of amides is 5. The first kappa shape index (κ1) is 70.8. The first-order chi connectivity index (χ1) is 43.5. The van der Waals surface area contributed by atoms with Crippen LogP contribution in [0.2, 0.25) is 0 Å². The van der Waals surface area contributed by atoms with Gasteiger partial charge in [0.25, 0.3) is 5.91 Å². The molecule has 8 unspecified atom stereocenters. The summed E-state index contributed by atoms with van der Waals surface area (Å²) in [5.41, 5.74) is -9.63. The number of nitrogens with one attached hydrogen (secondary N) is 5. The van der Waals surface area contributed by atoms with Gasteiger partial charge in [0.15, 0.2) is 17.1 Å². The number of hydrogen-bond acceptors (Lipinski definition) is 21.